The molecule has 0 fully saturated rings. The standard InChI is InChI=1S/C7H7NO/c8-6-9-7-4-2-1-3-5-7/h1-2,4H,3,5H2. The van der Waals surface area contributed by atoms with E-state index in [1.54, 1.807) is 6.26 Å². The molecule has 0 aromatic rings. The van der Waals surface area contributed by atoms with Crippen LogP contribution in [-0.2, 0) is 4.74 Å². The summed E-state index contributed by atoms with van der Waals surface area (Å²) in [6, 6.07) is 0. The van der Waals surface area contributed by atoms with Gasteiger partial charge in [-0.05, 0) is 12.5 Å². The zero-order valence-electron chi connectivity index (χ0n) is 5.00. The molecule has 0 saturated carbocycles. The molecule has 2 heteroatoms. The quantitative estimate of drug-likeness (QED) is 0.495. The van der Waals surface area contributed by atoms with Crippen LogP contribution >= 0.6 is 0 Å². The van der Waals surface area contributed by atoms with Gasteiger partial charge in [-0.2, -0.15) is 0 Å². The van der Waals surface area contributed by atoms with Crippen molar-refractivity contribution in [3.8, 4) is 6.26 Å². The van der Waals surface area contributed by atoms with Crippen molar-refractivity contribution >= 4 is 0 Å². The van der Waals surface area contributed by atoms with E-state index in [4.69, 9.17) is 5.26 Å². The molecule has 0 radical (unpaired) electrons. The number of nitrogens with zero attached hydrogens (tertiary/aromatic N) is 1. The predicted molar refractivity (Wildman–Crippen MR) is 33.2 cm³/mol. The van der Waals surface area contributed by atoms with Gasteiger partial charge in [0.25, 0.3) is 6.26 Å². The van der Waals surface area contributed by atoms with Crippen LogP contribution in [0.4, 0.5) is 0 Å². The third-order valence-corrected chi connectivity index (χ3v) is 1.15. The van der Waals surface area contributed by atoms with Crippen LogP contribution in [0.15, 0.2) is 24.0 Å². The predicted octanol–water partition coefficient (Wildman–Crippen LogP) is 1.72. The summed E-state index contributed by atoms with van der Waals surface area (Å²) in [5.74, 6) is 0.764. The molecule has 0 N–H and O–H groups in total. The molecule has 0 aromatic carbocycles. The average molecular weight is 121 g/mol. The van der Waals surface area contributed by atoms with E-state index in [1.807, 2.05) is 18.2 Å². The minimum absolute atomic E-state index is 0.764. The molecule has 0 saturated heterocycles. The number of nitriles is 1. The van der Waals surface area contributed by atoms with Crippen LogP contribution in [0.2, 0.25) is 0 Å². The molecule has 0 heterocycles. The van der Waals surface area contributed by atoms with Crippen molar-refractivity contribution in [2.75, 3.05) is 0 Å². The number of ether oxygens (including phenoxy) is 1. The molecule has 0 amide bonds. The lowest BCUT2D eigenvalue weighted by Gasteiger charge is -2.02. The number of hydrogen-bond donors (Lipinski definition) is 0. The summed E-state index contributed by atoms with van der Waals surface area (Å²) in [6.45, 7) is 0. The minimum Gasteiger partial charge on any atom is -0.393 e. The Kier molecular flexibility index (Phi) is 1.92. The van der Waals surface area contributed by atoms with Crippen LogP contribution in [0.3, 0.4) is 0 Å². The lowest BCUT2D eigenvalue weighted by molar-refractivity contribution is 0.355. The van der Waals surface area contributed by atoms with Crippen LogP contribution in [0.5, 0.6) is 0 Å². The van der Waals surface area contributed by atoms with E-state index in [2.05, 4.69) is 4.74 Å². The van der Waals surface area contributed by atoms with Gasteiger partial charge in [-0.25, -0.2) is 0 Å². The van der Waals surface area contributed by atoms with Gasteiger partial charge in [0.15, 0.2) is 0 Å². The van der Waals surface area contributed by atoms with Gasteiger partial charge >= 0.3 is 0 Å². The van der Waals surface area contributed by atoms with Gasteiger partial charge in [-0.3, -0.25) is 0 Å². The van der Waals surface area contributed by atoms with Gasteiger partial charge in [0, 0.05) is 6.42 Å². The Morgan fingerprint density at radius 3 is 3.11 bits per heavy atom. The Hall–Kier alpha value is -1.23. The van der Waals surface area contributed by atoms with Crippen molar-refractivity contribution in [1.82, 2.24) is 0 Å². The average Bonchev–Trinajstić information content (AvgIpc) is 1.91. The SMILES string of the molecule is N#COC1=CC=CCC1. The summed E-state index contributed by atoms with van der Waals surface area (Å²) in [4.78, 5) is 0. The van der Waals surface area contributed by atoms with Crippen molar-refractivity contribution in [2.45, 2.75) is 12.8 Å². The third kappa shape index (κ3) is 1.61. The molecule has 1 aliphatic rings. The summed E-state index contributed by atoms with van der Waals surface area (Å²) in [7, 11) is 0. The first kappa shape index (κ1) is 5.90. The molecular weight excluding hydrogens is 114 g/mol. The highest BCUT2D eigenvalue weighted by Crippen LogP contribution is 2.11. The Balaban J connectivity index is 2.50. The maximum atomic E-state index is 8.08. The highest BCUT2D eigenvalue weighted by atomic mass is 16.5. The summed E-state index contributed by atoms with van der Waals surface area (Å²) >= 11 is 0. The van der Waals surface area contributed by atoms with Crippen molar-refractivity contribution in [1.29, 1.82) is 5.26 Å². The van der Waals surface area contributed by atoms with E-state index >= 15 is 0 Å². The Bertz CT molecular complexity index is 186. The van der Waals surface area contributed by atoms with Crippen LogP contribution in [0.1, 0.15) is 12.8 Å². The molecule has 0 atom stereocenters. The second-order valence-electron chi connectivity index (χ2n) is 1.79. The zero-order valence-corrected chi connectivity index (χ0v) is 5.00. The molecule has 2 nitrogen and oxygen atoms in total. The second-order valence-corrected chi connectivity index (χ2v) is 1.79. The molecule has 0 unspecified atom stereocenters. The first-order valence-electron chi connectivity index (χ1n) is 2.85. The Morgan fingerprint density at radius 1 is 1.67 bits per heavy atom. The Morgan fingerprint density at radius 2 is 2.56 bits per heavy atom. The van der Waals surface area contributed by atoms with Gasteiger partial charge in [0.05, 0.1) is 0 Å². The first-order valence-corrected chi connectivity index (χ1v) is 2.85. The number of rotatable bonds is 1. The fourth-order valence-corrected chi connectivity index (χ4v) is 0.724. The van der Waals surface area contributed by atoms with Crippen molar-refractivity contribution < 1.29 is 4.74 Å². The van der Waals surface area contributed by atoms with Crippen LogP contribution < -0.4 is 0 Å². The summed E-state index contributed by atoms with van der Waals surface area (Å²) in [5.41, 5.74) is 0. The van der Waals surface area contributed by atoms with Crippen molar-refractivity contribution in [3.63, 3.8) is 0 Å². The van der Waals surface area contributed by atoms with E-state index in [0.29, 0.717) is 0 Å². The molecule has 0 aliphatic heterocycles. The molecule has 1 rings (SSSR count). The topological polar surface area (TPSA) is 33.0 Å². The van der Waals surface area contributed by atoms with E-state index in [0.717, 1.165) is 18.6 Å². The van der Waals surface area contributed by atoms with Crippen molar-refractivity contribution in [3.05, 3.63) is 24.0 Å². The summed E-state index contributed by atoms with van der Waals surface area (Å²) in [5, 5.41) is 8.08. The van der Waals surface area contributed by atoms with Gasteiger partial charge in [-0.15, -0.1) is 5.26 Å². The van der Waals surface area contributed by atoms with Gasteiger partial charge < -0.3 is 4.74 Å². The van der Waals surface area contributed by atoms with Gasteiger partial charge in [-0.1, -0.05) is 12.2 Å². The fraction of sp³-hybridized carbons (Fsp3) is 0.286. The summed E-state index contributed by atoms with van der Waals surface area (Å²) < 4.78 is 4.60. The molecular formula is C7H7NO. The molecule has 9 heavy (non-hydrogen) atoms. The maximum absolute atomic E-state index is 8.08. The smallest absolute Gasteiger partial charge is 0.291 e. The molecule has 0 spiro atoms. The molecule has 0 bridgehead atoms. The van der Waals surface area contributed by atoms with Crippen LogP contribution in [0, 0.1) is 11.5 Å². The zero-order chi connectivity index (χ0) is 6.53. The lowest BCUT2D eigenvalue weighted by atomic mass is 10.2. The minimum atomic E-state index is 0.764. The van der Waals surface area contributed by atoms with E-state index in [1.165, 1.54) is 0 Å². The van der Waals surface area contributed by atoms with E-state index in [-0.39, 0.29) is 0 Å². The van der Waals surface area contributed by atoms with Gasteiger partial charge in [0.1, 0.15) is 5.76 Å². The lowest BCUT2D eigenvalue weighted by Crippen LogP contribution is -1.87. The monoisotopic (exact) mass is 121 g/mol. The second kappa shape index (κ2) is 2.93. The largest absolute Gasteiger partial charge is 0.393 e. The Labute approximate surface area is 54.0 Å². The number of hydrogen-bond acceptors (Lipinski definition) is 2. The fourth-order valence-electron chi connectivity index (χ4n) is 0.724. The first-order chi connectivity index (χ1) is 4.43. The van der Waals surface area contributed by atoms with Gasteiger partial charge in [0.2, 0.25) is 0 Å². The van der Waals surface area contributed by atoms with E-state index in [9.17, 15) is 0 Å². The van der Waals surface area contributed by atoms with Crippen molar-refractivity contribution in [2.24, 2.45) is 0 Å². The molecule has 46 valence electrons. The van der Waals surface area contributed by atoms with Crippen LogP contribution in [-0.4, -0.2) is 0 Å². The number of allylic oxidation sites excluding steroid dienone is 4. The molecule has 1 aliphatic carbocycles. The highest BCUT2D eigenvalue weighted by Gasteiger charge is 1.97. The summed E-state index contributed by atoms with van der Waals surface area (Å²) in [6.07, 6.45) is 9.22. The molecule has 0 aromatic heterocycles. The maximum Gasteiger partial charge on any atom is 0.291 e. The normalized spacial score (nSPS) is 16.1. The third-order valence-electron chi connectivity index (χ3n) is 1.15. The van der Waals surface area contributed by atoms with E-state index < -0.39 is 0 Å². The van der Waals surface area contributed by atoms with Crippen LogP contribution in [0.25, 0.3) is 0 Å². The highest BCUT2D eigenvalue weighted by molar-refractivity contribution is 5.13.